The number of guanidine groups is 1. The molecule has 1 atom stereocenters. The molecular weight excluding hydrogens is 484 g/mol. The summed E-state index contributed by atoms with van der Waals surface area (Å²) in [5, 5.41) is 7.80. The molecular formula is C21H33FIN5O. The fraction of sp³-hybridized carbons (Fsp3) is 0.571. The van der Waals surface area contributed by atoms with Crippen LogP contribution >= 0.6 is 24.0 Å². The van der Waals surface area contributed by atoms with E-state index in [4.69, 9.17) is 9.73 Å². The number of ether oxygens (including phenoxy) is 1. The first-order valence-electron chi connectivity index (χ1n) is 10.2. The number of fused-ring (bicyclic) bond motifs is 1. The molecule has 6 nitrogen and oxygen atoms in total. The molecule has 1 fully saturated rings. The summed E-state index contributed by atoms with van der Waals surface area (Å²) in [5.74, 6) is 1.13. The van der Waals surface area contributed by atoms with E-state index in [2.05, 4.69) is 34.4 Å². The third kappa shape index (κ3) is 7.42. The third-order valence-electron chi connectivity index (χ3n) is 5.00. The fourth-order valence-corrected chi connectivity index (χ4v) is 3.55. The number of aromatic amines is 1. The van der Waals surface area contributed by atoms with E-state index in [0.717, 1.165) is 75.8 Å². The van der Waals surface area contributed by atoms with E-state index in [1.807, 2.05) is 12.3 Å². The van der Waals surface area contributed by atoms with Gasteiger partial charge in [-0.25, -0.2) is 4.39 Å². The van der Waals surface area contributed by atoms with Gasteiger partial charge in [-0.1, -0.05) is 6.92 Å². The van der Waals surface area contributed by atoms with Gasteiger partial charge in [-0.2, -0.15) is 0 Å². The van der Waals surface area contributed by atoms with Crippen LogP contribution in [-0.2, 0) is 11.2 Å². The molecule has 0 amide bonds. The largest absolute Gasteiger partial charge is 0.379 e. The molecule has 1 unspecified atom stereocenters. The van der Waals surface area contributed by atoms with Crippen molar-refractivity contribution < 1.29 is 9.13 Å². The zero-order valence-electron chi connectivity index (χ0n) is 17.3. The summed E-state index contributed by atoms with van der Waals surface area (Å²) in [7, 11) is 0. The Kier molecular flexibility index (Phi) is 10.2. The van der Waals surface area contributed by atoms with E-state index in [1.54, 1.807) is 0 Å². The standard InChI is InChI=1S/C21H32FN5O.HI/c1-3-23-21(26-13-16(2)15-27-8-10-28-11-9-27)24-7-6-17-14-25-20-12-18(22)4-5-19(17)20;/h4-5,12,14,16,25H,3,6-11,13,15H2,1-2H3,(H2,23,24,26);1H. The molecule has 0 saturated carbocycles. The van der Waals surface area contributed by atoms with Crippen molar-refractivity contribution in [2.24, 2.45) is 10.9 Å². The van der Waals surface area contributed by atoms with Crippen molar-refractivity contribution in [3.63, 3.8) is 0 Å². The van der Waals surface area contributed by atoms with E-state index in [-0.39, 0.29) is 29.8 Å². The second-order valence-electron chi connectivity index (χ2n) is 7.42. The Labute approximate surface area is 189 Å². The van der Waals surface area contributed by atoms with Crippen LogP contribution in [0.25, 0.3) is 10.9 Å². The number of nitrogens with one attached hydrogen (secondary N) is 3. The van der Waals surface area contributed by atoms with Gasteiger partial charge in [0, 0.05) is 56.4 Å². The van der Waals surface area contributed by atoms with Gasteiger partial charge >= 0.3 is 0 Å². The molecule has 2 aromatic rings. The monoisotopic (exact) mass is 517 g/mol. The maximum atomic E-state index is 13.3. The molecule has 1 saturated heterocycles. The SMILES string of the molecule is CCNC(=NCC(C)CN1CCOCC1)NCCc1c[nH]c2cc(F)ccc12.I. The smallest absolute Gasteiger partial charge is 0.191 e. The summed E-state index contributed by atoms with van der Waals surface area (Å²) in [5.41, 5.74) is 2.02. The summed E-state index contributed by atoms with van der Waals surface area (Å²) in [6.07, 6.45) is 2.81. The molecule has 0 aliphatic carbocycles. The van der Waals surface area contributed by atoms with Crippen LogP contribution in [-0.4, -0.2) is 68.3 Å². The first kappa shape index (κ1) is 23.9. The summed E-state index contributed by atoms with van der Waals surface area (Å²) in [4.78, 5) is 10.3. The van der Waals surface area contributed by atoms with Gasteiger partial charge in [-0.15, -0.1) is 24.0 Å². The number of morpholine rings is 1. The number of H-pyrrole nitrogens is 1. The molecule has 0 spiro atoms. The second-order valence-corrected chi connectivity index (χ2v) is 7.42. The maximum absolute atomic E-state index is 13.3. The van der Waals surface area contributed by atoms with E-state index in [0.29, 0.717) is 5.92 Å². The molecule has 1 aromatic heterocycles. The molecule has 1 aliphatic heterocycles. The van der Waals surface area contributed by atoms with Crippen molar-refractivity contribution in [1.29, 1.82) is 0 Å². The molecule has 162 valence electrons. The number of aliphatic imine (C=N–C) groups is 1. The lowest BCUT2D eigenvalue weighted by atomic mass is 10.1. The van der Waals surface area contributed by atoms with Gasteiger partial charge in [0.1, 0.15) is 5.82 Å². The van der Waals surface area contributed by atoms with Crippen molar-refractivity contribution in [3.05, 3.63) is 35.8 Å². The minimum absolute atomic E-state index is 0. The van der Waals surface area contributed by atoms with E-state index in [9.17, 15) is 4.39 Å². The first-order chi connectivity index (χ1) is 13.7. The van der Waals surface area contributed by atoms with E-state index < -0.39 is 0 Å². The Balaban J connectivity index is 0.00000300. The van der Waals surface area contributed by atoms with Crippen LogP contribution in [0, 0.1) is 11.7 Å². The van der Waals surface area contributed by atoms with Gasteiger partial charge in [0.05, 0.1) is 13.2 Å². The van der Waals surface area contributed by atoms with Crippen molar-refractivity contribution in [1.82, 2.24) is 20.5 Å². The van der Waals surface area contributed by atoms with Gasteiger partial charge < -0.3 is 20.4 Å². The minimum atomic E-state index is -0.216. The molecule has 0 bridgehead atoms. The van der Waals surface area contributed by atoms with Crippen molar-refractivity contribution in [2.75, 3.05) is 52.5 Å². The quantitative estimate of drug-likeness (QED) is 0.286. The van der Waals surface area contributed by atoms with Crippen LogP contribution < -0.4 is 10.6 Å². The lowest BCUT2D eigenvalue weighted by molar-refractivity contribution is 0.0323. The molecule has 29 heavy (non-hydrogen) atoms. The minimum Gasteiger partial charge on any atom is -0.379 e. The number of hydrogen-bond donors (Lipinski definition) is 3. The van der Waals surface area contributed by atoms with E-state index >= 15 is 0 Å². The maximum Gasteiger partial charge on any atom is 0.191 e. The number of aromatic nitrogens is 1. The highest BCUT2D eigenvalue weighted by Gasteiger charge is 2.13. The summed E-state index contributed by atoms with van der Waals surface area (Å²) < 4.78 is 18.7. The van der Waals surface area contributed by atoms with Gasteiger partial charge in [-0.05, 0) is 43.0 Å². The third-order valence-corrected chi connectivity index (χ3v) is 5.00. The van der Waals surface area contributed by atoms with Crippen LogP contribution in [0.4, 0.5) is 4.39 Å². The van der Waals surface area contributed by atoms with Gasteiger partial charge in [0.25, 0.3) is 0 Å². The van der Waals surface area contributed by atoms with Crippen molar-refractivity contribution in [3.8, 4) is 0 Å². The van der Waals surface area contributed by atoms with E-state index in [1.165, 1.54) is 17.7 Å². The van der Waals surface area contributed by atoms with Crippen LogP contribution in [0.2, 0.25) is 0 Å². The van der Waals surface area contributed by atoms with Crippen LogP contribution in [0.3, 0.4) is 0 Å². The topological polar surface area (TPSA) is 64.7 Å². The number of nitrogens with zero attached hydrogens (tertiary/aromatic N) is 2. The predicted molar refractivity (Wildman–Crippen MR) is 128 cm³/mol. The molecule has 1 aliphatic rings. The molecule has 1 aromatic carbocycles. The van der Waals surface area contributed by atoms with Gasteiger partial charge in [0.2, 0.25) is 0 Å². The Hall–Kier alpha value is -1.39. The average molecular weight is 517 g/mol. The highest BCUT2D eigenvalue weighted by atomic mass is 127. The number of halogens is 2. The van der Waals surface area contributed by atoms with Crippen LogP contribution in [0.15, 0.2) is 29.4 Å². The Morgan fingerprint density at radius 3 is 2.86 bits per heavy atom. The zero-order valence-corrected chi connectivity index (χ0v) is 19.7. The summed E-state index contributed by atoms with van der Waals surface area (Å²) in [6.45, 7) is 11.5. The van der Waals surface area contributed by atoms with Crippen LogP contribution in [0.1, 0.15) is 19.4 Å². The molecule has 0 radical (unpaired) electrons. The number of rotatable bonds is 8. The average Bonchev–Trinajstić information content (AvgIpc) is 3.09. The highest BCUT2D eigenvalue weighted by molar-refractivity contribution is 14.0. The van der Waals surface area contributed by atoms with Crippen molar-refractivity contribution in [2.45, 2.75) is 20.3 Å². The molecule has 3 N–H and O–H groups in total. The van der Waals surface area contributed by atoms with Crippen LogP contribution in [0.5, 0.6) is 0 Å². The number of hydrogen-bond acceptors (Lipinski definition) is 3. The highest BCUT2D eigenvalue weighted by Crippen LogP contribution is 2.19. The first-order valence-corrected chi connectivity index (χ1v) is 10.2. The Morgan fingerprint density at radius 1 is 1.31 bits per heavy atom. The predicted octanol–water partition coefficient (Wildman–Crippen LogP) is 2.99. The fourth-order valence-electron chi connectivity index (χ4n) is 3.55. The Bertz CT molecular complexity index is 776. The number of benzene rings is 1. The lowest BCUT2D eigenvalue weighted by Gasteiger charge is -2.28. The summed E-state index contributed by atoms with van der Waals surface area (Å²) >= 11 is 0. The lowest BCUT2D eigenvalue weighted by Crippen LogP contribution is -2.40. The molecule has 2 heterocycles. The molecule has 3 rings (SSSR count). The normalized spacial score (nSPS) is 16.4. The summed E-state index contributed by atoms with van der Waals surface area (Å²) in [6, 6.07) is 4.88. The molecule has 8 heteroatoms. The van der Waals surface area contributed by atoms with Gasteiger partial charge in [0.15, 0.2) is 5.96 Å². The van der Waals surface area contributed by atoms with Gasteiger partial charge in [-0.3, -0.25) is 9.89 Å². The Morgan fingerprint density at radius 2 is 2.10 bits per heavy atom. The second kappa shape index (κ2) is 12.3. The zero-order chi connectivity index (χ0) is 19.8. The van der Waals surface area contributed by atoms with Crippen molar-refractivity contribution >= 4 is 40.8 Å².